The Labute approximate surface area is 201 Å². The number of carbonyl (C=O) groups excluding carboxylic acids is 1. The molecule has 12 heteroatoms. The van der Waals surface area contributed by atoms with E-state index in [1.807, 2.05) is 0 Å². The summed E-state index contributed by atoms with van der Waals surface area (Å²) in [5.74, 6) is -0.851. The fourth-order valence-corrected chi connectivity index (χ4v) is 4.84. The maximum atomic E-state index is 13.0. The molecule has 0 radical (unpaired) electrons. The summed E-state index contributed by atoms with van der Waals surface area (Å²) in [6.45, 7) is 0. The van der Waals surface area contributed by atoms with Crippen molar-refractivity contribution in [2.45, 2.75) is 9.79 Å². The second-order valence-corrected chi connectivity index (χ2v) is 9.73. The van der Waals surface area contributed by atoms with E-state index in [1.165, 1.54) is 24.3 Å². The van der Waals surface area contributed by atoms with E-state index < -0.39 is 21.7 Å². The summed E-state index contributed by atoms with van der Waals surface area (Å²) in [5.41, 5.74) is 0.210. The van der Waals surface area contributed by atoms with Gasteiger partial charge in [0.25, 0.3) is 0 Å². The van der Waals surface area contributed by atoms with Crippen LogP contribution in [0, 0.1) is 5.82 Å². The van der Waals surface area contributed by atoms with Gasteiger partial charge in [-0.25, -0.2) is 17.6 Å². The van der Waals surface area contributed by atoms with Crippen molar-refractivity contribution in [1.82, 2.24) is 0 Å². The molecule has 0 spiro atoms. The molecule has 0 atom stereocenters. The summed E-state index contributed by atoms with van der Waals surface area (Å²) in [4.78, 5) is 12.1. The van der Waals surface area contributed by atoms with Gasteiger partial charge in [0.1, 0.15) is 15.9 Å². The van der Waals surface area contributed by atoms with E-state index in [9.17, 15) is 17.6 Å². The molecule has 3 rings (SSSR count). The minimum Gasteiger partial charge on any atom is -0.407 e. The fraction of sp³-hybridized carbons (Fsp3) is 0. The van der Waals surface area contributed by atoms with Crippen LogP contribution in [0.3, 0.4) is 0 Å². The number of rotatable bonds is 4. The Hall–Kier alpha value is -1.74. The zero-order chi connectivity index (χ0) is 22.9. The first kappa shape index (κ1) is 23.9. The first-order chi connectivity index (χ1) is 14.5. The summed E-state index contributed by atoms with van der Waals surface area (Å²) in [6.07, 6.45) is -0.993. The van der Waals surface area contributed by atoms with Crippen LogP contribution >= 0.6 is 58.0 Å². The molecule has 3 aromatic carbocycles. The first-order valence-corrected chi connectivity index (χ1v) is 11.5. The molecule has 31 heavy (non-hydrogen) atoms. The smallest absolute Gasteiger partial charge is 0.407 e. The molecule has 0 aliphatic rings. The third-order valence-corrected chi connectivity index (χ3v) is 7.93. The lowest BCUT2D eigenvalue weighted by Gasteiger charge is -2.13. The number of nitrogens with one attached hydrogen (secondary N) is 1. The predicted octanol–water partition coefficient (Wildman–Crippen LogP) is 7.54. The van der Waals surface area contributed by atoms with Gasteiger partial charge in [-0.15, -0.1) is 0 Å². The molecular formula is C19H9Cl5FNO4S. The highest BCUT2D eigenvalue weighted by molar-refractivity contribution is 7.91. The Morgan fingerprint density at radius 2 is 1.16 bits per heavy atom. The average Bonchev–Trinajstić information content (AvgIpc) is 2.74. The highest BCUT2D eigenvalue weighted by Gasteiger charge is 2.23. The third kappa shape index (κ3) is 5.03. The van der Waals surface area contributed by atoms with Crippen LogP contribution in [0.5, 0.6) is 5.75 Å². The van der Waals surface area contributed by atoms with Gasteiger partial charge < -0.3 is 4.74 Å². The van der Waals surface area contributed by atoms with Crippen LogP contribution in [-0.2, 0) is 9.84 Å². The van der Waals surface area contributed by atoms with Gasteiger partial charge in [0.05, 0.1) is 24.9 Å². The molecule has 0 saturated heterocycles. The highest BCUT2D eigenvalue weighted by Crippen LogP contribution is 2.48. The standard InChI is InChI=1S/C19H9Cl5FNO4S/c20-13-14(21)16(23)18(17(24)15(13)22)30-19(27)26-10-3-7-12(8-4-10)31(28,29)11-5-1-9(25)2-6-11/h1-8H,(H,26,27). The zero-order valence-electron chi connectivity index (χ0n) is 14.9. The van der Waals surface area contributed by atoms with E-state index in [1.54, 1.807) is 0 Å². The van der Waals surface area contributed by atoms with Gasteiger partial charge in [-0.1, -0.05) is 58.0 Å². The lowest BCUT2D eigenvalue weighted by molar-refractivity contribution is 0.215. The number of anilines is 1. The Morgan fingerprint density at radius 3 is 1.65 bits per heavy atom. The number of carbonyl (C=O) groups is 1. The first-order valence-electron chi connectivity index (χ1n) is 8.13. The number of hydrogen-bond acceptors (Lipinski definition) is 4. The van der Waals surface area contributed by atoms with Gasteiger partial charge in [0, 0.05) is 5.69 Å². The van der Waals surface area contributed by atoms with E-state index in [0.717, 1.165) is 24.3 Å². The number of halogens is 6. The largest absolute Gasteiger partial charge is 0.417 e. The van der Waals surface area contributed by atoms with Crippen LogP contribution in [-0.4, -0.2) is 14.5 Å². The van der Waals surface area contributed by atoms with Crippen LogP contribution in [0.25, 0.3) is 0 Å². The molecule has 162 valence electrons. The third-order valence-electron chi connectivity index (χ3n) is 3.90. The topological polar surface area (TPSA) is 72.5 Å². The summed E-state index contributed by atoms with van der Waals surface area (Å²) in [6, 6.07) is 9.61. The SMILES string of the molecule is O=C(Nc1ccc(S(=O)(=O)c2ccc(F)cc2)cc1)Oc1c(Cl)c(Cl)c(Cl)c(Cl)c1Cl. The molecule has 5 nitrogen and oxygen atoms in total. The minimum atomic E-state index is -3.86. The van der Waals surface area contributed by atoms with E-state index in [2.05, 4.69) is 5.32 Å². The lowest BCUT2D eigenvalue weighted by atomic mass is 10.3. The van der Waals surface area contributed by atoms with E-state index >= 15 is 0 Å². The molecular weight excluding hydrogens is 535 g/mol. The molecule has 0 unspecified atom stereocenters. The van der Waals surface area contributed by atoms with Crippen LogP contribution in [0.4, 0.5) is 14.9 Å². The number of ether oxygens (including phenoxy) is 1. The van der Waals surface area contributed by atoms with Crippen molar-refractivity contribution in [3.05, 3.63) is 79.5 Å². The van der Waals surface area contributed by atoms with Crippen molar-refractivity contribution < 1.29 is 22.3 Å². The van der Waals surface area contributed by atoms with Gasteiger partial charge in [-0.05, 0) is 48.5 Å². The maximum absolute atomic E-state index is 13.0. The summed E-state index contributed by atoms with van der Waals surface area (Å²) in [7, 11) is -3.86. The molecule has 0 aliphatic heterocycles. The van der Waals surface area contributed by atoms with Crippen LogP contribution in [0.2, 0.25) is 25.1 Å². The molecule has 3 aromatic rings. The van der Waals surface area contributed by atoms with Gasteiger partial charge in [0.15, 0.2) is 5.75 Å². The van der Waals surface area contributed by atoms with Crippen LogP contribution in [0.15, 0.2) is 58.3 Å². The number of hydrogen-bond donors (Lipinski definition) is 1. The number of benzene rings is 3. The normalized spacial score (nSPS) is 11.3. The zero-order valence-corrected chi connectivity index (χ0v) is 19.5. The van der Waals surface area contributed by atoms with Crippen molar-refractivity contribution in [3.8, 4) is 5.75 Å². The molecule has 0 heterocycles. The van der Waals surface area contributed by atoms with Crippen molar-refractivity contribution in [3.63, 3.8) is 0 Å². The number of amides is 1. The fourth-order valence-electron chi connectivity index (χ4n) is 2.38. The Kier molecular flexibility index (Phi) is 7.25. The van der Waals surface area contributed by atoms with Gasteiger partial charge in [0.2, 0.25) is 9.84 Å². The molecule has 0 bridgehead atoms. The van der Waals surface area contributed by atoms with Gasteiger partial charge in [-0.2, -0.15) is 0 Å². The molecule has 0 aliphatic carbocycles. The summed E-state index contributed by atoms with van der Waals surface area (Å²) < 4.78 is 43.3. The highest BCUT2D eigenvalue weighted by atomic mass is 35.5. The quantitative estimate of drug-likeness (QED) is 0.210. The summed E-state index contributed by atoms with van der Waals surface area (Å²) >= 11 is 29.7. The predicted molar refractivity (Wildman–Crippen MR) is 119 cm³/mol. The van der Waals surface area contributed by atoms with Crippen molar-refractivity contribution in [2.24, 2.45) is 0 Å². The maximum Gasteiger partial charge on any atom is 0.417 e. The Balaban J connectivity index is 1.78. The monoisotopic (exact) mass is 541 g/mol. The molecule has 1 amide bonds. The van der Waals surface area contributed by atoms with Crippen molar-refractivity contribution in [2.75, 3.05) is 5.32 Å². The van der Waals surface area contributed by atoms with Gasteiger partial charge in [-0.3, -0.25) is 5.32 Å². The van der Waals surface area contributed by atoms with Gasteiger partial charge >= 0.3 is 6.09 Å². The second kappa shape index (κ2) is 9.40. The van der Waals surface area contributed by atoms with Crippen molar-refractivity contribution in [1.29, 1.82) is 0 Å². The second-order valence-electron chi connectivity index (χ2n) is 5.90. The molecule has 1 N–H and O–H groups in total. The molecule has 0 aromatic heterocycles. The lowest BCUT2D eigenvalue weighted by Crippen LogP contribution is -2.17. The summed E-state index contributed by atoms with van der Waals surface area (Å²) in [5, 5.41) is 1.58. The Morgan fingerprint density at radius 1 is 0.742 bits per heavy atom. The minimum absolute atomic E-state index is 0.0552. The molecule has 0 fully saturated rings. The van der Waals surface area contributed by atoms with Crippen LogP contribution in [0.1, 0.15) is 0 Å². The average molecular weight is 544 g/mol. The number of sulfone groups is 1. The van der Waals surface area contributed by atoms with Crippen LogP contribution < -0.4 is 10.1 Å². The van der Waals surface area contributed by atoms with Crippen molar-refractivity contribution >= 4 is 79.6 Å². The van der Waals surface area contributed by atoms with E-state index in [-0.39, 0.29) is 46.3 Å². The Bertz CT molecular complexity index is 1240. The molecule has 0 saturated carbocycles. The van der Waals surface area contributed by atoms with E-state index in [4.69, 9.17) is 62.7 Å². The van der Waals surface area contributed by atoms with E-state index in [0.29, 0.717) is 0 Å².